The Balaban J connectivity index is 1.93. The summed E-state index contributed by atoms with van der Waals surface area (Å²) in [4.78, 5) is 14.9. The molecule has 2 aromatic carbocycles. The molecule has 142 valence electrons. The third-order valence-electron chi connectivity index (χ3n) is 4.98. The minimum atomic E-state index is -0.0791. The van der Waals surface area contributed by atoms with Crippen LogP contribution in [-0.4, -0.2) is 48.8 Å². The summed E-state index contributed by atoms with van der Waals surface area (Å²) in [5, 5.41) is 6.38. The standard InChI is InChI=1S/C22H27N3O2/c1-5-24(3)15-22(26)25-21(17-11-9-16(2)10-12-17)14-20(23-25)18-7-6-8-19(13-18)27-4/h6-13,21H,5,14-15H2,1-4H3. The third kappa shape index (κ3) is 4.37. The van der Waals surface area contributed by atoms with Gasteiger partial charge in [0.15, 0.2) is 0 Å². The van der Waals surface area contributed by atoms with Crippen LogP contribution in [0, 0.1) is 6.92 Å². The van der Waals surface area contributed by atoms with Crippen LogP contribution >= 0.6 is 0 Å². The number of carbonyl (C=O) groups excluding carboxylic acids is 1. The van der Waals surface area contributed by atoms with E-state index in [9.17, 15) is 4.79 Å². The normalized spacial score (nSPS) is 16.6. The van der Waals surface area contributed by atoms with Crippen molar-refractivity contribution in [3.63, 3.8) is 0 Å². The summed E-state index contributed by atoms with van der Waals surface area (Å²) < 4.78 is 5.34. The SMILES string of the molecule is CCN(C)CC(=O)N1N=C(c2cccc(OC)c2)CC1c1ccc(C)cc1. The maximum absolute atomic E-state index is 12.9. The molecule has 1 aliphatic heterocycles. The van der Waals surface area contributed by atoms with Gasteiger partial charge in [-0.25, -0.2) is 5.01 Å². The second-order valence-corrected chi connectivity index (χ2v) is 6.98. The number of amides is 1. The Kier molecular flexibility index (Phi) is 5.91. The molecule has 2 aromatic rings. The van der Waals surface area contributed by atoms with Crippen molar-refractivity contribution in [1.29, 1.82) is 0 Å². The van der Waals surface area contributed by atoms with Crippen molar-refractivity contribution >= 4 is 11.6 Å². The summed E-state index contributed by atoms with van der Waals surface area (Å²) >= 11 is 0. The number of hydrogen-bond donors (Lipinski definition) is 0. The Bertz CT molecular complexity index is 830. The van der Waals surface area contributed by atoms with Crippen LogP contribution in [0.3, 0.4) is 0 Å². The van der Waals surface area contributed by atoms with Crippen LogP contribution in [0.5, 0.6) is 5.75 Å². The summed E-state index contributed by atoms with van der Waals surface area (Å²) in [5.74, 6) is 0.806. The number of benzene rings is 2. The van der Waals surface area contributed by atoms with Gasteiger partial charge in [0.2, 0.25) is 0 Å². The van der Waals surface area contributed by atoms with Gasteiger partial charge < -0.3 is 4.74 Å². The van der Waals surface area contributed by atoms with Gasteiger partial charge in [0.05, 0.1) is 25.4 Å². The number of ether oxygens (including phenoxy) is 1. The van der Waals surface area contributed by atoms with Crippen molar-refractivity contribution < 1.29 is 9.53 Å². The number of likely N-dealkylation sites (N-methyl/N-ethyl adjacent to an activating group) is 1. The molecule has 0 spiro atoms. The van der Waals surface area contributed by atoms with Gasteiger partial charge in [-0.05, 0) is 38.2 Å². The molecule has 0 saturated heterocycles. The van der Waals surface area contributed by atoms with E-state index in [0.29, 0.717) is 13.0 Å². The molecule has 0 aliphatic carbocycles. The lowest BCUT2D eigenvalue weighted by Gasteiger charge is -2.24. The van der Waals surface area contributed by atoms with E-state index in [4.69, 9.17) is 9.84 Å². The van der Waals surface area contributed by atoms with Crippen LogP contribution in [0.15, 0.2) is 53.6 Å². The highest BCUT2D eigenvalue weighted by Gasteiger charge is 2.33. The van der Waals surface area contributed by atoms with Crippen LogP contribution in [0.1, 0.15) is 36.1 Å². The van der Waals surface area contributed by atoms with E-state index in [1.807, 2.05) is 43.1 Å². The molecule has 0 bridgehead atoms. The van der Waals surface area contributed by atoms with Gasteiger partial charge in [0.1, 0.15) is 5.75 Å². The zero-order valence-corrected chi connectivity index (χ0v) is 16.5. The summed E-state index contributed by atoms with van der Waals surface area (Å²) in [7, 11) is 3.60. The lowest BCUT2D eigenvalue weighted by Crippen LogP contribution is -2.36. The Morgan fingerprint density at radius 2 is 2.00 bits per heavy atom. The average Bonchev–Trinajstić information content (AvgIpc) is 3.14. The van der Waals surface area contributed by atoms with Gasteiger partial charge in [-0.2, -0.15) is 5.10 Å². The number of aryl methyl sites for hydroxylation is 1. The molecule has 1 atom stereocenters. The fourth-order valence-electron chi connectivity index (χ4n) is 3.18. The van der Waals surface area contributed by atoms with E-state index in [-0.39, 0.29) is 11.9 Å². The van der Waals surface area contributed by atoms with E-state index in [0.717, 1.165) is 29.1 Å². The minimum Gasteiger partial charge on any atom is -0.497 e. The van der Waals surface area contributed by atoms with Gasteiger partial charge in [-0.15, -0.1) is 0 Å². The van der Waals surface area contributed by atoms with E-state index < -0.39 is 0 Å². The predicted octanol–water partition coefficient (Wildman–Crippen LogP) is 3.63. The third-order valence-corrected chi connectivity index (χ3v) is 4.98. The molecular weight excluding hydrogens is 338 g/mol. The summed E-state index contributed by atoms with van der Waals surface area (Å²) in [6, 6.07) is 16.1. The van der Waals surface area contributed by atoms with Crippen molar-refractivity contribution in [1.82, 2.24) is 9.91 Å². The Morgan fingerprint density at radius 1 is 1.26 bits per heavy atom. The molecule has 0 saturated carbocycles. The first kappa shape index (κ1) is 19.1. The molecule has 0 fully saturated rings. The largest absolute Gasteiger partial charge is 0.497 e. The second-order valence-electron chi connectivity index (χ2n) is 6.98. The maximum Gasteiger partial charge on any atom is 0.257 e. The summed E-state index contributed by atoms with van der Waals surface area (Å²) in [6.45, 7) is 5.28. The van der Waals surface area contributed by atoms with Crippen molar-refractivity contribution in [2.24, 2.45) is 5.10 Å². The molecule has 1 aliphatic rings. The average molecular weight is 365 g/mol. The van der Waals surface area contributed by atoms with Crippen molar-refractivity contribution in [3.05, 3.63) is 65.2 Å². The highest BCUT2D eigenvalue weighted by atomic mass is 16.5. The summed E-state index contributed by atoms with van der Waals surface area (Å²) in [5.41, 5.74) is 4.21. The number of carbonyl (C=O) groups is 1. The molecule has 1 amide bonds. The second kappa shape index (κ2) is 8.35. The number of hydrogen-bond acceptors (Lipinski definition) is 4. The smallest absolute Gasteiger partial charge is 0.257 e. The Hall–Kier alpha value is -2.66. The molecule has 0 radical (unpaired) electrons. The fourth-order valence-corrected chi connectivity index (χ4v) is 3.18. The monoisotopic (exact) mass is 365 g/mol. The lowest BCUT2D eigenvalue weighted by atomic mass is 9.97. The quantitative estimate of drug-likeness (QED) is 0.785. The minimum absolute atomic E-state index is 0.0165. The van der Waals surface area contributed by atoms with Crippen LogP contribution in [0.25, 0.3) is 0 Å². The van der Waals surface area contributed by atoms with Crippen LogP contribution in [0.2, 0.25) is 0 Å². The predicted molar refractivity (Wildman–Crippen MR) is 108 cm³/mol. The molecule has 0 N–H and O–H groups in total. The maximum atomic E-state index is 12.9. The molecule has 5 nitrogen and oxygen atoms in total. The zero-order chi connectivity index (χ0) is 19.4. The van der Waals surface area contributed by atoms with Crippen molar-refractivity contribution in [2.45, 2.75) is 26.3 Å². The Labute approximate surface area is 161 Å². The number of rotatable bonds is 6. The van der Waals surface area contributed by atoms with E-state index in [1.165, 1.54) is 5.56 Å². The van der Waals surface area contributed by atoms with Gasteiger partial charge in [0.25, 0.3) is 5.91 Å². The highest BCUT2D eigenvalue weighted by molar-refractivity contribution is 6.03. The van der Waals surface area contributed by atoms with Crippen LogP contribution in [-0.2, 0) is 4.79 Å². The number of methoxy groups -OCH3 is 1. The van der Waals surface area contributed by atoms with Gasteiger partial charge in [-0.3, -0.25) is 9.69 Å². The fraction of sp³-hybridized carbons (Fsp3) is 0.364. The van der Waals surface area contributed by atoms with Crippen LogP contribution in [0.4, 0.5) is 0 Å². The number of hydrazone groups is 1. The molecule has 5 heteroatoms. The topological polar surface area (TPSA) is 45.1 Å². The van der Waals surface area contributed by atoms with Gasteiger partial charge in [-0.1, -0.05) is 48.9 Å². The first-order valence-corrected chi connectivity index (χ1v) is 9.31. The first-order chi connectivity index (χ1) is 13.0. The van der Waals surface area contributed by atoms with Gasteiger partial charge >= 0.3 is 0 Å². The van der Waals surface area contributed by atoms with E-state index >= 15 is 0 Å². The molecular formula is C22H27N3O2. The van der Waals surface area contributed by atoms with Crippen molar-refractivity contribution in [2.75, 3.05) is 27.2 Å². The molecule has 27 heavy (non-hydrogen) atoms. The first-order valence-electron chi connectivity index (χ1n) is 9.31. The van der Waals surface area contributed by atoms with E-state index in [2.05, 4.69) is 31.2 Å². The van der Waals surface area contributed by atoms with Gasteiger partial charge in [0, 0.05) is 12.0 Å². The number of nitrogens with zero attached hydrogens (tertiary/aromatic N) is 3. The van der Waals surface area contributed by atoms with Crippen molar-refractivity contribution in [3.8, 4) is 5.75 Å². The molecule has 1 heterocycles. The molecule has 0 aromatic heterocycles. The Morgan fingerprint density at radius 3 is 2.67 bits per heavy atom. The highest BCUT2D eigenvalue weighted by Crippen LogP contribution is 2.33. The van der Waals surface area contributed by atoms with E-state index in [1.54, 1.807) is 12.1 Å². The van der Waals surface area contributed by atoms with Crippen LogP contribution < -0.4 is 4.74 Å². The lowest BCUT2D eigenvalue weighted by molar-refractivity contribution is -0.133. The molecule has 1 unspecified atom stereocenters. The zero-order valence-electron chi connectivity index (χ0n) is 16.5. The summed E-state index contributed by atoms with van der Waals surface area (Å²) in [6.07, 6.45) is 0.692. The molecule has 3 rings (SSSR count).